The van der Waals surface area contributed by atoms with Crippen molar-refractivity contribution in [3.05, 3.63) is 11.6 Å². The molecule has 1 heterocycles. The molecule has 0 saturated heterocycles. The first kappa shape index (κ1) is 15.1. The number of hydrogen-bond donors (Lipinski definition) is 1. The van der Waals surface area contributed by atoms with Crippen LogP contribution in [0.15, 0.2) is 0 Å². The van der Waals surface area contributed by atoms with Crippen LogP contribution in [0.5, 0.6) is 0 Å². The van der Waals surface area contributed by atoms with E-state index in [9.17, 15) is 0 Å². The molecule has 1 N–H and O–H groups in total. The molecule has 0 spiro atoms. The SMILES string of the molecule is CCCNC(COC)Cn1nc(CC)nc1CC. The van der Waals surface area contributed by atoms with Crippen LogP contribution >= 0.6 is 0 Å². The third kappa shape index (κ3) is 4.38. The van der Waals surface area contributed by atoms with Gasteiger partial charge in [-0.2, -0.15) is 5.10 Å². The van der Waals surface area contributed by atoms with Crippen molar-refractivity contribution in [1.29, 1.82) is 0 Å². The van der Waals surface area contributed by atoms with Crippen molar-refractivity contribution < 1.29 is 4.74 Å². The lowest BCUT2D eigenvalue weighted by molar-refractivity contribution is 0.156. The van der Waals surface area contributed by atoms with Gasteiger partial charge >= 0.3 is 0 Å². The van der Waals surface area contributed by atoms with Crippen molar-refractivity contribution in [2.75, 3.05) is 20.3 Å². The van der Waals surface area contributed by atoms with E-state index < -0.39 is 0 Å². The Hall–Kier alpha value is -0.940. The van der Waals surface area contributed by atoms with E-state index in [2.05, 4.69) is 36.2 Å². The first-order chi connectivity index (χ1) is 8.74. The van der Waals surface area contributed by atoms with Crippen LogP contribution in [0.4, 0.5) is 0 Å². The summed E-state index contributed by atoms with van der Waals surface area (Å²) in [7, 11) is 1.74. The fourth-order valence-corrected chi connectivity index (χ4v) is 1.92. The van der Waals surface area contributed by atoms with Crippen molar-refractivity contribution in [3.8, 4) is 0 Å². The Kier molecular flexibility index (Phi) is 6.90. The van der Waals surface area contributed by atoms with Gasteiger partial charge in [0.2, 0.25) is 0 Å². The summed E-state index contributed by atoms with van der Waals surface area (Å²) in [5.41, 5.74) is 0. The Morgan fingerprint density at radius 3 is 2.61 bits per heavy atom. The molecule has 0 aliphatic rings. The van der Waals surface area contributed by atoms with Gasteiger partial charge in [-0.1, -0.05) is 20.8 Å². The van der Waals surface area contributed by atoms with E-state index in [1.807, 2.05) is 4.68 Å². The lowest BCUT2D eigenvalue weighted by Gasteiger charge is -2.18. The van der Waals surface area contributed by atoms with Crippen molar-refractivity contribution in [2.24, 2.45) is 0 Å². The highest BCUT2D eigenvalue weighted by Gasteiger charge is 2.13. The summed E-state index contributed by atoms with van der Waals surface area (Å²) in [6, 6.07) is 0.298. The van der Waals surface area contributed by atoms with E-state index in [0.29, 0.717) is 12.6 Å². The highest BCUT2D eigenvalue weighted by Crippen LogP contribution is 2.03. The number of rotatable bonds is 9. The second kappa shape index (κ2) is 8.21. The van der Waals surface area contributed by atoms with Crippen LogP contribution in [-0.4, -0.2) is 41.1 Å². The van der Waals surface area contributed by atoms with E-state index in [-0.39, 0.29) is 0 Å². The third-order valence-corrected chi connectivity index (χ3v) is 2.87. The van der Waals surface area contributed by atoms with Gasteiger partial charge in [-0.05, 0) is 13.0 Å². The molecule has 1 aromatic heterocycles. The van der Waals surface area contributed by atoms with Crippen molar-refractivity contribution in [2.45, 2.75) is 52.6 Å². The standard InChI is InChI=1S/C13H26N4O/c1-5-8-14-11(10-18-4)9-17-13(7-3)15-12(6-2)16-17/h11,14H,5-10H2,1-4H3. The summed E-state index contributed by atoms with van der Waals surface area (Å²) in [6.45, 7) is 8.89. The number of nitrogens with one attached hydrogen (secondary N) is 1. The van der Waals surface area contributed by atoms with Crippen LogP contribution in [0.2, 0.25) is 0 Å². The molecule has 1 unspecified atom stereocenters. The summed E-state index contributed by atoms with van der Waals surface area (Å²) in [4.78, 5) is 4.52. The van der Waals surface area contributed by atoms with Gasteiger partial charge in [0.15, 0.2) is 5.82 Å². The van der Waals surface area contributed by atoms with Gasteiger partial charge in [-0.3, -0.25) is 0 Å². The highest BCUT2D eigenvalue weighted by molar-refractivity contribution is 4.93. The fraction of sp³-hybridized carbons (Fsp3) is 0.846. The van der Waals surface area contributed by atoms with Crippen LogP contribution in [0.3, 0.4) is 0 Å². The minimum absolute atomic E-state index is 0.298. The molecule has 1 rings (SSSR count). The molecule has 5 heteroatoms. The van der Waals surface area contributed by atoms with Gasteiger partial charge in [0.1, 0.15) is 5.82 Å². The van der Waals surface area contributed by atoms with E-state index in [1.165, 1.54) is 0 Å². The monoisotopic (exact) mass is 254 g/mol. The smallest absolute Gasteiger partial charge is 0.150 e. The Bertz CT molecular complexity index is 338. The predicted octanol–water partition coefficient (Wildman–Crippen LogP) is 1.42. The summed E-state index contributed by atoms with van der Waals surface area (Å²) in [6.07, 6.45) is 2.93. The van der Waals surface area contributed by atoms with Crippen molar-refractivity contribution in [1.82, 2.24) is 20.1 Å². The Morgan fingerprint density at radius 2 is 2.06 bits per heavy atom. The minimum Gasteiger partial charge on any atom is -0.383 e. The predicted molar refractivity (Wildman–Crippen MR) is 72.7 cm³/mol. The molecule has 0 aliphatic heterocycles. The Labute approximate surface area is 110 Å². The lowest BCUT2D eigenvalue weighted by Crippen LogP contribution is -2.38. The maximum absolute atomic E-state index is 5.26. The van der Waals surface area contributed by atoms with Gasteiger partial charge in [0, 0.05) is 20.0 Å². The maximum Gasteiger partial charge on any atom is 0.150 e. The molecule has 0 fully saturated rings. The zero-order valence-corrected chi connectivity index (χ0v) is 12.1. The highest BCUT2D eigenvalue weighted by atomic mass is 16.5. The number of hydrogen-bond acceptors (Lipinski definition) is 4. The number of aromatic nitrogens is 3. The molecule has 0 aromatic carbocycles. The number of aryl methyl sites for hydroxylation is 2. The van der Waals surface area contributed by atoms with Gasteiger partial charge in [-0.25, -0.2) is 9.67 Å². The van der Waals surface area contributed by atoms with Crippen LogP contribution in [0.25, 0.3) is 0 Å². The quantitative estimate of drug-likeness (QED) is 0.724. The molecular weight excluding hydrogens is 228 g/mol. The van der Waals surface area contributed by atoms with E-state index >= 15 is 0 Å². The second-order valence-corrected chi connectivity index (χ2v) is 4.44. The molecule has 1 aromatic rings. The Morgan fingerprint density at radius 1 is 1.28 bits per heavy atom. The molecule has 0 saturated carbocycles. The molecule has 0 aliphatic carbocycles. The van der Waals surface area contributed by atoms with E-state index in [0.717, 1.165) is 44.0 Å². The van der Waals surface area contributed by atoms with Crippen LogP contribution in [0.1, 0.15) is 38.8 Å². The molecule has 1 atom stereocenters. The van der Waals surface area contributed by atoms with Gasteiger partial charge < -0.3 is 10.1 Å². The van der Waals surface area contributed by atoms with Crippen LogP contribution in [-0.2, 0) is 24.1 Å². The fourth-order valence-electron chi connectivity index (χ4n) is 1.92. The minimum atomic E-state index is 0.298. The number of methoxy groups -OCH3 is 1. The normalized spacial score (nSPS) is 12.9. The maximum atomic E-state index is 5.26. The first-order valence-corrected chi connectivity index (χ1v) is 6.89. The first-order valence-electron chi connectivity index (χ1n) is 6.89. The van der Waals surface area contributed by atoms with Crippen LogP contribution < -0.4 is 5.32 Å². The topological polar surface area (TPSA) is 52.0 Å². The van der Waals surface area contributed by atoms with E-state index in [4.69, 9.17) is 4.74 Å². The average molecular weight is 254 g/mol. The lowest BCUT2D eigenvalue weighted by atomic mass is 10.3. The number of ether oxygens (including phenoxy) is 1. The third-order valence-electron chi connectivity index (χ3n) is 2.87. The zero-order valence-electron chi connectivity index (χ0n) is 12.1. The van der Waals surface area contributed by atoms with E-state index in [1.54, 1.807) is 7.11 Å². The summed E-state index contributed by atoms with van der Waals surface area (Å²) >= 11 is 0. The molecule has 104 valence electrons. The molecule has 18 heavy (non-hydrogen) atoms. The van der Waals surface area contributed by atoms with Gasteiger partial charge in [0.25, 0.3) is 0 Å². The summed E-state index contributed by atoms with van der Waals surface area (Å²) < 4.78 is 7.27. The number of nitrogens with zero attached hydrogens (tertiary/aromatic N) is 3. The molecule has 0 radical (unpaired) electrons. The molecular formula is C13H26N4O. The molecule has 0 amide bonds. The van der Waals surface area contributed by atoms with Crippen molar-refractivity contribution >= 4 is 0 Å². The summed E-state index contributed by atoms with van der Waals surface area (Å²) in [5, 5.41) is 8.02. The molecule has 0 bridgehead atoms. The summed E-state index contributed by atoms with van der Waals surface area (Å²) in [5.74, 6) is 1.99. The molecule has 5 nitrogen and oxygen atoms in total. The zero-order chi connectivity index (χ0) is 13.4. The largest absolute Gasteiger partial charge is 0.383 e. The van der Waals surface area contributed by atoms with Crippen molar-refractivity contribution in [3.63, 3.8) is 0 Å². The van der Waals surface area contributed by atoms with Gasteiger partial charge in [-0.15, -0.1) is 0 Å². The van der Waals surface area contributed by atoms with Gasteiger partial charge in [0.05, 0.1) is 19.2 Å². The second-order valence-electron chi connectivity index (χ2n) is 4.44. The Balaban J connectivity index is 2.68. The van der Waals surface area contributed by atoms with Crippen LogP contribution in [0, 0.1) is 0 Å². The average Bonchev–Trinajstić information content (AvgIpc) is 2.78.